The van der Waals surface area contributed by atoms with E-state index in [1.807, 2.05) is 0 Å². The Morgan fingerprint density at radius 1 is 1.35 bits per heavy atom. The Morgan fingerprint density at radius 3 is 2.50 bits per heavy atom. The third-order valence-corrected chi connectivity index (χ3v) is 3.20. The summed E-state index contributed by atoms with van der Waals surface area (Å²) in [6.07, 6.45) is 0. The first-order valence-electron chi connectivity index (χ1n) is 6.26. The highest BCUT2D eigenvalue weighted by molar-refractivity contribution is 14.1. The van der Waals surface area contributed by atoms with E-state index in [1.54, 1.807) is 33.8 Å². The zero-order valence-electron chi connectivity index (χ0n) is 12.1. The molecule has 6 nitrogen and oxygen atoms in total. The first-order chi connectivity index (χ1) is 9.29. The second-order valence-electron chi connectivity index (χ2n) is 5.19. The van der Waals surface area contributed by atoms with Crippen molar-refractivity contribution in [2.75, 3.05) is 6.61 Å². The van der Waals surface area contributed by atoms with E-state index in [0.717, 1.165) is 5.69 Å². The molecule has 0 unspecified atom stereocenters. The fourth-order valence-corrected chi connectivity index (χ4v) is 1.93. The van der Waals surface area contributed by atoms with Crippen LogP contribution in [0.5, 0.6) is 0 Å². The number of rotatable bonds is 5. The highest BCUT2D eigenvalue weighted by atomic mass is 127. The minimum absolute atomic E-state index is 0.00611. The van der Waals surface area contributed by atoms with Gasteiger partial charge in [-0.25, -0.2) is 9.48 Å². The van der Waals surface area contributed by atoms with Gasteiger partial charge in [0.05, 0.1) is 17.7 Å². The van der Waals surface area contributed by atoms with Crippen LogP contribution in [0.2, 0.25) is 0 Å². The van der Waals surface area contributed by atoms with E-state index in [-0.39, 0.29) is 18.4 Å². The average Bonchev–Trinajstić information content (AvgIpc) is 2.78. The molecule has 0 aromatic carbocycles. The van der Waals surface area contributed by atoms with Gasteiger partial charge in [-0.3, -0.25) is 4.79 Å². The van der Waals surface area contributed by atoms with Crippen LogP contribution in [-0.4, -0.2) is 28.3 Å². The van der Waals surface area contributed by atoms with E-state index in [4.69, 9.17) is 9.47 Å². The van der Waals surface area contributed by atoms with Crippen LogP contribution in [0.3, 0.4) is 0 Å². The van der Waals surface area contributed by atoms with Gasteiger partial charge < -0.3 is 9.47 Å². The number of halogens is 1. The van der Waals surface area contributed by atoms with E-state index in [9.17, 15) is 9.59 Å². The summed E-state index contributed by atoms with van der Waals surface area (Å²) in [5.74, 6) is -0.787. The summed E-state index contributed by atoms with van der Waals surface area (Å²) < 4.78 is 12.2. The molecule has 0 N–H and O–H groups in total. The van der Waals surface area contributed by atoms with Gasteiger partial charge in [-0.15, -0.1) is 0 Å². The number of carbonyl (C=O) groups is 2. The van der Waals surface area contributed by atoms with Crippen molar-refractivity contribution in [3.63, 3.8) is 0 Å². The first kappa shape index (κ1) is 16.9. The Hall–Kier alpha value is -1.12. The van der Waals surface area contributed by atoms with Crippen molar-refractivity contribution < 1.29 is 19.1 Å². The van der Waals surface area contributed by atoms with Crippen molar-refractivity contribution in [1.29, 1.82) is 0 Å². The normalized spacial score (nSPS) is 11.2. The molecule has 1 aromatic rings. The monoisotopic (exact) mass is 394 g/mol. The fourth-order valence-electron chi connectivity index (χ4n) is 1.32. The van der Waals surface area contributed by atoms with Crippen LogP contribution in [0.4, 0.5) is 0 Å². The summed E-state index contributed by atoms with van der Waals surface area (Å²) in [4.78, 5) is 23.3. The maximum atomic E-state index is 11.7. The molecule has 0 aliphatic rings. The van der Waals surface area contributed by atoms with Gasteiger partial charge in [0.1, 0.15) is 0 Å². The molecular weight excluding hydrogens is 375 g/mol. The van der Waals surface area contributed by atoms with Crippen molar-refractivity contribution in [2.24, 2.45) is 5.41 Å². The predicted molar refractivity (Wildman–Crippen MR) is 81.5 cm³/mol. The number of hydrogen-bond acceptors (Lipinski definition) is 5. The number of nitrogens with zero attached hydrogens (tertiary/aromatic N) is 2. The van der Waals surface area contributed by atoms with Gasteiger partial charge >= 0.3 is 11.9 Å². The van der Waals surface area contributed by atoms with E-state index in [2.05, 4.69) is 27.7 Å². The van der Waals surface area contributed by atoms with E-state index in [1.165, 1.54) is 4.68 Å². The molecule has 1 rings (SSSR count). The van der Waals surface area contributed by atoms with E-state index in [0.29, 0.717) is 11.0 Å². The zero-order valence-corrected chi connectivity index (χ0v) is 14.3. The molecule has 0 radical (unpaired) electrons. The molecule has 0 fully saturated rings. The summed E-state index contributed by atoms with van der Waals surface area (Å²) in [5, 5.41) is 4.11. The van der Waals surface area contributed by atoms with Crippen molar-refractivity contribution in [1.82, 2.24) is 9.78 Å². The smallest absolute Gasteiger partial charge is 0.358 e. The molecular formula is C13H19IN2O4. The second kappa shape index (κ2) is 7.05. The number of carbonyl (C=O) groups excluding carboxylic acids is 2. The molecule has 0 atom stereocenters. The lowest BCUT2D eigenvalue weighted by Crippen LogP contribution is -2.24. The molecule has 1 aromatic heterocycles. The fraction of sp³-hybridized carbons (Fsp3) is 0.615. The van der Waals surface area contributed by atoms with E-state index < -0.39 is 11.4 Å². The second-order valence-corrected chi connectivity index (χ2v) is 5.95. The van der Waals surface area contributed by atoms with Crippen molar-refractivity contribution >= 4 is 34.5 Å². The van der Waals surface area contributed by atoms with Crippen LogP contribution < -0.4 is 0 Å². The molecule has 7 heteroatoms. The number of ether oxygens (including phenoxy) is 2. The molecule has 0 saturated carbocycles. The highest BCUT2D eigenvalue weighted by Crippen LogP contribution is 2.16. The molecule has 20 heavy (non-hydrogen) atoms. The van der Waals surface area contributed by atoms with Gasteiger partial charge in [-0.2, -0.15) is 5.10 Å². The van der Waals surface area contributed by atoms with Crippen molar-refractivity contribution in [3.8, 4) is 0 Å². The zero-order chi connectivity index (χ0) is 15.3. The lowest BCUT2D eigenvalue weighted by Gasteiger charge is -2.16. The minimum Gasteiger partial charge on any atom is -0.461 e. The SMILES string of the molecule is CCOC(=O)c1cc(CI)n(COC(=O)C(C)(C)C)n1. The van der Waals surface area contributed by atoms with Crippen LogP contribution in [0.15, 0.2) is 6.07 Å². The van der Waals surface area contributed by atoms with Crippen LogP contribution in [0.1, 0.15) is 43.9 Å². The average molecular weight is 394 g/mol. The highest BCUT2D eigenvalue weighted by Gasteiger charge is 2.23. The largest absolute Gasteiger partial charge is 0.461 e. The predicted octanol–water partition coefficient (Wildman–Crippen LogP) is 2.54. The maximum Gasteiger partial charge on any atom is 0.358 e. The quantitative estimate of drug-likeness (QED) is 0.436. The van der Waals surface area contributed by atoms with Crippen LogP contribution in [-0.2, 0) is 25.4 Å². The van der Waals surface area contributed by atoms with Crippen molar-refractivity contribution in [3.05, 3.63) is 17.5 Å². The number of hydrogen-bond donors (Lipinski definition) is 0. The summed E-state index contributed by atoms with van der Waals surface area (Å²) in [5.41, 5.74) is 0.461. The van der Waals surface area contributed by atoms with E-state index >= 15 is 0 Å². The Balaban J connectivity index is 2.80. The van der Waals surface area contributed by atoms with Crippen LogP contribution in [0, 0.1) is 5.41 Å². The minimum atomic E-state index is -0.568. The third kappa shape index (κ3) is 4.46. The summed E-state index contributed by atoms with van der Waals surface area (Å²) in [7, 11) is 0. The van der Waals surface area contributed by atoms with Crippen LogP contribution >= 0.6 is 22.6 Å². The van der Waals surface area contributed by atoms with Gasteiger partial charge in [0, 0.05) is 4.43 Å². The third-order valence-electron chi connectivity index (χ3n) is 2.42. The first-order valence-corrected chi connectivity index (χ1v) is 7.79. The molecule has 0 saturated heterocycles. The standard InChI is InChI=1S/C13H19IN2O4/c1-5-19-11(17)10-6-9(7-14)16(15-10)8-20-12(18)13(2,3)4/h6H,5,7-8H2,1-4H3. The van der Waals surface area contributed by atoms with Crippen LogP contribution in [0.25, 0.3) is 0 Å². The Bertz CT molecular complexity index is 491. The van der Waals surface area contributed by atoms with Gasteiger partial charge in [0.25, 0.3) is 0 Å². The molecule has 112 valence electrons. The number of aromatic nitrogens is 2. The molecule has 0 amide bonds. The summed E-state index contributed by atoms with van der Waals surface area (Å²) in [6, 6.07) is 1.65. The Labute approximate surface area is 132 Å². The van der Waals surface area contributed by atoms with Gasteiger partial charge in [0.15, 0.2) is 12.4 Å². The Morgan fingerprint density at radius 2 is 2.00 bits per heavy atom. The molecule has 0 spiro atoms. The summed E-state index contributed by atoms with van der Waals surface area (Å²) in [6.45, 7) is 7.36. The van der Waals surface area contributed by atoms with Crippen molar-refractivity contribution in [2.45, 2.75) is 38.9 Å². The lowest BCUT2D eigenvalue weighted by molar-refractivity contribution is -0.157. The van der Waals surface area contributed by atoms with Gasteiger partial charge in [-0.1, -0.05) is 22.6 Å². The summed E-state index contributed by atoms with van der Waals surface area (Å²) >= 11 is 2.16. The van der Waals surface area contributed by atoms with Gasteiger partial charge in [-0.05, 0) is 33.8 Å². The number of esters is 2. The number of alkyl halides is 1. The molecule has 0 aliphatic carbocycles. The lowest BCUT2D eigenvalue weighted by atomic mass is 9.98. The molecule has 0 bridgehead atoms. The van der Waals surface area contributed by atoms with Gasteiger partial charge in [0.2, 0.25) is 0 Å². The topological polar surface area (TPSA) is 70.4 Å². The molecule has 0 aliphatic heterocycles. The molecule has 1 heterocycles. The Kier molecular flexibility index (Phi) is 5.97. The maximum absolute atomic E-state index is 11.7.